The van der Waals surface area contributed by atoms with Crippen LogP contribution in [0.5, 0.6) is 0 Å². The van der Waals surface area contributed by atoms with Gasteiger partial charge in [0.05, 0.1) is 16.1 Å². The fourth-order valence-corrected chi connectivity index (χ4v) is 4.42. The smallest absolute Gasteiger partial charge is 0.261 e. The van der Waals surface area contributed by atoms with Crippen molar-refractivity contribution >= 4 is 27.3 Å². The summed E-state index contributed by atoms with van der Waals surface area (Å²) in [6.07, 6.45) is 5.72. The minimum atomic E-state index is -3.65. The lowest BCUT2D eigenvalue weighted by molar-refractivity contribution is 0.0967. The van der Waals surface area contributed by atoms with Gasteiger partial charge in [0.2, 0.25) is 10.0 Å². The Morgan fingerprint density at radius 2 is 2.27 bits per heavy atom. The Kier molecular flexibility index (Phi) is 5.33. The van der Waals surface area contributed by atoms with Crippen LogP contribution in [0.3, 0.4) is 0 Å². The number of amides is 1. The first kappa shape index (κ1) is 16.7. The molecule has 0 aliphatic heterocycles. The van der Waals surface area contributed by atoms with E-state index in [1.165, 1.54) is 18.5 Å². The van der Waals surface area contributed by atoms with Crippen molar-refractivity contribution in [1.82, 2.24) is 19.6 Å². The molecule has 0 aliphatic carbocycles. The maximum atomic E-state index is 12.4. The van der Waals surface area contributed by atoms with Gasteiger partial charge in [-0.3, -0.25) is 4.79 Å². The van der Waals surface area contributed by atoms with Crippen LogP contribution in [0.4, 0.5) is 0 Å². The molecule has 120 valence electrons. The number of rotatable bonds is 7. The van der Waals surface area contributed by atoms with E-state index < -0.39 is 10.0 Å². The predicted molar refractivity (Wildman–Crippen MR) is 84.3 cm³/mol. The third-order valence-corrected chi connectivity index (χ3v) is 5.72. The summed E-state index contributed by atoms with van der Waals surface area (Å²) in [6, 6.07) is 1.14. The van der Waals surface area contributed by atoms with E-state index in [9.17, 15) is 13.2 Å². The Morgan fingerprint density at radius 3 is 2.86 bits per heavy atom. The number of thiophene rings is 1. The quantitative estimate of drug-likeness (QED) is 0.787. The van der Waals surface area contributed by atoms with Crippen molar-refractivity contribution in [2.45, 2.75) is 30.8 Å². The van der Waals surface area contributed by atoms with Gasteiger partial charge in [0.1, 0.15) is 0 Å². The summed E-state index contributed by atoms with van der Waals surface area (Å²) in [4.78, 5) is 15.9. The van der Waals surface area contributed by atoms with Gasteiger partial charge in [0.25, 0.3) is 5.91 Å². The van der Waals surface area contributed by atoms with Gasteiger partial charge in [-0.2, -0.15) is 0 Å². The van der Waals surface area contributed by atoms with Gasteiger partial charge >= 0.3 is 0 Å². The fraction of sp³-hybridized carbons (Fsp3) is 0.385. The Morgan fingerprint density at radius 1 is 1.50 bits per heavy atom. The molecule has 0 radical (unpaired) electrons. The fourth-order valence-electron chi connectivity index (χ4n) is 1.89. The highest BCUT2D eigenvalue weighted by molar-refractivity contribution is 7.89. The van der Waals surface area contributed by atoms with Crippen LogP contribution in [0.25, 0.3) is 0 Å². The number of nitrogens with one attached hydrogen (secondary N) is 2. The molecule has 0 fully saturated rings. The first-order chi connectivity index (χ1) is 10.5. The third kappa shape index (κ3) is 3.93. The molecule has 0 spiro atoms. The average molecular weight is 342 g/mol. The van der Waals surface area contributed by atoms with Crippen molar-refractivity contribution in [3.05, 3.63) is 35.0 Å². The number of carbonyl (C=O) groups excluding carboxylic acids is 1. The Balaban J connectivity index is 2.12. The van der Waals surface area contributed by atoms with Gasteiger partial charge in [-0.05, 0) is 12.5 Å². The van der Waals surface area contributed by atoms with E-state index in [-0.39, 0.29) is 16.8 Å². The third-order valence-electron chi connectivity index (χ3n) is 3.14. The largest absolute Gasteiger partial charge is 0.354 e. The summed E-state index contributed by atoms with van der Waals surface area (Å²) >= 11 is 1.10. The van der Waals surface area contributed by atoms with Crippen LogP contribution in [-0.4, -0.2) is 37.0 Å². The van der Waals surface area contributed by atoms with Gasteiger partial charge < -0.3 is 9.88 Å². The second-order valence-electron chi connectivity index (χ2n) is 4.71. The summed E-state index contributed by atoms with van der Waals surface area (Å²) in [6.45, 7) is 2.41. The van der Waals surface area contributed by atoms with Crippen molar-refractivity contribution in [2.24, 2.45) is 0 Å². The molecule has 22 heavy (non-hydrogen) atoms. The van der Waals surface area contributed by atoms with Crippen LogP contribution in [0, 0.1) is 0 Å². The summed E-state index contributed by atoms with van der Waals surface area (Å²) in [5, 5.41) is 3.94. The number of hydrogen-bond donors (Lipinski definition) is 2. The summed E-state index contributed by atoms with van der Waals surface area (Å²) in [5.41, 5.74) is 0. The van der Waals surface area contributed by atoms with Crippen molar-refractivity contribution in [3.63, 3.8) is 0 Å². The molecule has 7 nitrogen and oxygen atoms in total. The lowest BCUT2D eigenvalue weighted by atomic mass is 10.2. The van der Waals surface area contributed by atoms with Crippen LogP contribution in [0.15, 0.2) is 35.1 Å². The first-order valence-corrected chi connectivity index (χ1v) is 9.11. The highest BCUT2D eigenvalue weighted by Crippen LogP contribution is 2.19. The zero-order valence-electron chi connectivity index (χ0n) is 12.3. The number of aromatic nitrogens is 2. The molecule has 2 N–H and O–H groups in total. The second kappa shape index (κ2) is 7.03. The number of sulfonamides is 1. The molecular weight excluding hydrogens is 324 g/mol. The van der Waals surface area contributed by atoms with Crippen molar-refractivity contribution < 1.29 is 13.2 Å². The number of carbonyl (C=O) groups is 1. The molecule has 0 saturated heterocycles. The molecule has 1 amide bonds. The standard InChI is InChI=1S/C13H18N4O3S2/c1-3-10(7-17-5-4-15-9-17)16-22(19,20)11-6-12(21-8-11)13(18)14-2/h4-6,8-10,16H,3,7H2,1-2H3,(H,14,18). The van der Waals surface area contributed by atoms with E-state index >= 15 is 0 Å². The molecule has 1 atom stereocenters. The lowest BCUT2D eigenvalue weighted by Gasteiger charge is -2.17. The molecule has 0 aromatic carbocycles. The molecule has 9 heteroatoms. The second-order valence-corrected chi connectivity index (χ2v) is 7.34. The molecule has 0 saturated carbocycles. The van der Waals surface area contributed by atoms with E-state index in [2.05, 4.69) is 15.0 Å². The normalized spacial score (nSPS) is 13.0. The Hall–Kier alpha value is -1.71. The van der Waals surface area contributed by atoms with E-state index in [0.717, 1.165) is 11.3 Å². The van der Waals surface area contributed by atoms with Crippen LogP contribution in [0.1, 0.15) is 23.0 Å². The van der Waals surface area contributed by atoms with Crippen molar-refractivity contribution in [3.8, 4) is 0 Å². The number of nitrogens with zero attached hydrogens (tertiary/aromatic N) is 2. The molecule has 1 unspecified atom stereocenters. The number of hydrogen-bond acceptors (Lipinski definition) is 5. The first-order valence-electron chi connectivity index (χ1n) is 6.75. The summed E-state index contributed by atoms with van der Waals surface area (Å²) in [5.74, 6) is -0.295. The van der Waals surface area contributed by atoms with Crippen LogP contribution < -0.4 is 10.0 Å². The van der Waals surface area contributed by atoms with Gasteiger partial charge in [-0.1, -0.05) is 6.92 Å². The minimum Gasteiger partial charge on any atom is -0.354 e. The van der Waals surface area contributed by atoms with Crippen LogP contribution in [-0.2, 0) is 16.6 Å². The van der Waals surface area contributed by atoms with Crippen molar-refractivity contribution in [1.29, 1.82) is 0 Å². The summed E-state index contributed by atoms with van der Waals surface area (Å²) < 4.78 is 29.3. The van der Waals surface area contributed by atoms with Gasteiger partial charge in [0, 0.05) is 37.4 Å². The summed E-state index contributed by atoms with van der Waals surface area (Å²) in [7, 11) is -2.14. The monoisotopic (exact) mass is 342 g/mol. The van der Waals surface area contributed by atoms with E-state index in [1.807, 2.05) is 11.5 Å². The maximum absolute atomic E-state index is 12.4. The molecule has 2 aromatic rings. The maximum Gasteiger partial charge on any atom is 0.261 e. The predicted octanol–water partition coefficient (Wildman–Crippen LogP) is 1.06. The topological polar surface area (TPSA) is 93.1 Å². The molecule has 2 heterocycles. The molecule has 0 aliphatic rings. The van der Waals surface area contributed by atoms with Gasteiger partial charge in [-0.15, -0.1) is 11.3 Å². The molecule has 2 aromatic heterocycles. The van der Waals surface area contributed by atoms with E-state index in [0.29, 0.717) is 17.8 Å². The zero-order chi connectivity index (χ0) is 16.2. The highest BCUT2D eigenvalue weighted by Gasteiger charge is 2.22. The van der Waals surface area contributed by atoms with E-state index in [4.69, 9.17) is 0 Å². The molecule has 2 rings (SSSR count). The molecular formula is C13H18N4O3S2. The van der Waals surface area contributed by atoms with Gasteiger partial charge in [-0.25, -0.2) is 18.1 Å². The SMILES string of the molecule is CCC(Cn1ccnc1)NS(=O)(=O)c1csc(C(=O)NC)c1. The van der Waals surface area contributed by atoms with E-state index in [1.54, 1.807) is 18.7 Å². The molecule has 0 bridgehead atoms. The van der Waals surface area contributed by atoms with Crippen molar-refractivity contribution in [2.75, 3.05) is 7.05 Å². The average Bonchev–Trinajstić information content (AvgIpc) is 3.16. The minimum absolute atomic E-state index is 0.111. The van der Waals surface area contributed by atoms with Crippen LogP contribution >= 0.6 is 11.3 Å². The lowest BCUT2D eigenvalue weighted by Crippen LogP contribution is -2.37. The zero-order valence-corrected chi connectivity index (χ0v) is 13.9. The Bertz CT molecular complexity index is 722. The van der Waals surface area contributed by atoms with Gasteiger partial charge in [0.15, 0.2) is 0 Å². The van der Waals surface area contributed by atoms with Crippen LogP contribution in [0.2, 0.25) is 0 Å². The highest BCUT2D eigenvalue weighted by atomic mass is 32.2. The Labute approximate surface area is 133 Å². The number of imidazole rings is 1.